The van der Waals surface area contributed by atoms with Crippen molar-refractivity contribution in [1.29, 1.82) is 0 Å². The fourth-order valence-electron chi connectivity index (χ4n) is 19.5. The van der Waals surface area contributed by atoms with Gasteiger partial charge in [0.25, 0.3) is 0 Å². The molecule has 0 aliphatic heterocycles. The van der Waals surface area contributed by atoms with Gasteiger partial charge in [-0.05, 0) is 238 Å². The maximum absolute atomic E-state index is 3.59. The Morgan fingerprint density at radius 1 is 0.212 bits per heavy atom. The van der Waals surface area contributed by atoms with Gasteiger partial charge in [-0.15, -0.1) is 0 Å². The molecular weight excluding hydrogens is 1430 g/mol. The van der Waals surface area contributed by atoms with Gasteiger partial charge in [0.1, 0.15) is 0 Å². The first-order valence-corrected chi connectivity index (χ1v) is 39.8. The van der Waals surface area contributed by atoms with E-state index in [1.54, 1.807) is 0 Å². The number of hydrogen-bond acceptors (Lipinski definition) is 2. The molecule has 2 unspecified atom stereocenters. The molecular formula is C110H71BrN2. The van der Waals surface area contributed by atoms with Crippen molar-refractivity contribution in [3.8, 4) is 66.8 Å². The summed E-state index contributed by atoms with van der Waals surface area (Å²) < 4.78 is 1.10. The summed E-state index contributed by atoms with van der Waals surface area (Å²) in [6.45, 7) is 0. The molecule has 113 heavy (non-hydrogen) atoms. The van der Waals surface area contributed by atoms with Crippen LogP contribution in [0.5, 0.6) is 0 Å². The van der Waals surface area contributed by atoms with Gasteiger partial charge in [-0.3, -0.25) is 0 Å². The molecule has 24 rings (SSSR count). The molecule has 0 aromatic heterocycles. The SMILES string of the molecule is Brc1ccc(-c2ccc3c(c2)C2(c4ccccc4-3)c3ccccc3-c3c2ccc2ccccc32)cc1.c1ccc2c(c1)-c1ccc(-c3ccc(N(c4ccc5ccccc5c4)c4cccc5ccccc45)cc3)cc1C21c2ccccc2-c2c1ccc1ccccc21.c1ccc2cc(Nc3cccc4ccccc34)ccc2c1. The Labute approximate surface area is 665 Å². The van der Waals surface area contributed by atoms with Gasteiger partial charge in [0, 0.05) is 38.0 Å². The van der Waals surface area contributed by atoms with E-state index in [0.29, 0.717) is 0 Å². The molecule has 20 aromatic rings. The van der Waals surface area contributed by atoms with E-state index in [-0.39, 0.29) is 5.41 Å². The van der Waals surface area contributed by atoms with E-state index in [1.807, 2.05) is 0 Å². The third-order valence-electron chi connectivity index (χ3n) is 24.4. The van der Waals surface area contributed by atoms with E-state index in [0.717, 1.165) is 32.9 Å². The van der Waals surface area contributed by atoms with Crippen LogP contribution in [0.2, 0.25) is 0 Å². The van der Waals surface area contributed by atoms with Gasteiger partial charge in [-0.25, -0.2) is 0 Å². The molecule has 0 bridgehead atoms. The molecule has 3 heteroatoms. The van der Waals surface area contributed by atoms with Crippen LogP contribution in [-0.2, 0) is 10.8 Å². The van der Waals surface area contributed by atoms with E-state index in [1.165, 1.54) is 176 Å². The minimum absolute atomic E-state index is 0.326. The summed E-state index contributed by atoms with van der Waals surface area (Å²) in [7, 11) is 0. The summed E-state index contributed by atoms with van der Waals surface area (Å²) in [5.74, 6) is 0. The van der Waals surface area contributed by atoms with Gasteiger partial charge >= 0.3 is 0 Å². The highest BCUT2D eigenvalue weighted by molar-refractivity contribution is 9.10. The monoisotopic (exact) mass is 1500 g/mol. The molecule has 0 fully saturated rings. The summed E-state index contributed by atoms with van der Waals surface area (Å²) in [5, 5.41) is 18.7. The molecule has 0 amide bonds. The molecule has 0 heterocycles. The van der Waals surface area contributed by atoms with Crippen LogP contribution in [0, 0.1) is 0 Å². The first-order valence-electron chi connectivity index (χ1n) is 39.0. The van der Waals surface area contributed by atoms with E-state index < -0.39 is 5.41 Å². The molecule has 0 saturated heterocycles. The number of nitrogens with zero attached hydrogens (tertiary/aromatic N) is 1. The Hall–Kier alpha value is -14.0. The third-order valence-corrected chi connectivity index (χ3v) is 24.9. The van der Waals surface area contributed by atoms with Gasteiger partial charge < -0.3 is 10.2 Å². The first-order chi connectivity index (χ1) is 55.9. The zero-order valence-corrected chi connectivity index (χ0v) is 63.3. The summed E-state index contributed by atoms with van der Waals surface area (Å²) in [6, 6.07) is 156. The van der Waals surface area contributed by atoms with Crippen LogP contribution in [-0.4, -0.2) is 0 Å². The van der Waals surface area contributed by atoms with Crippen molar-refractivity contribution >= 4 is 109 Å². The molecule has 2 nitrogen and oxygen atoms in total. The zero-order chi connectivity index (χ0) is 74.7. The molecule has 2 atom stereocenters. The molecule has 4 aliphatic carbocycles. The Balaban J connectivity index is 0.000000116. The number of nitrogens with one attached hydrogen (secondary N) is 1. The summed E-state index contributed by atoms with van der Waals surface area (Å²) in [6.07, 6.45) is 0. The second-order valence-electron chi connectivity index (χ2n) is 30.3. The van der Waals surface area contributed by atoms with Crippen molar-refractivity contribution in [3.05, 3.63) is 474 Å². The van der Waals surface area contributed by atoms with Crippen molar-refractivity contribution in [2.75, 3.05) is 10.2 Å². The number of fused-ring (bicyclic) bond motifs is 28. The third kappa shape index (κ3) is 10.5. The van der Waals surface area contributed by atoms with Gasteiger partial charge in [0.15, 0.2) is 0 Å². The number of hydrogen-bond donors (Lipinski definition) is 1. The summed E-state index contributed by atoms with van der Waals surface area (Å²) >= 11 is 3.59. The van der Waals surface area contributed by atoms with Crippen LogP contribution in [0.25, 0.3) is 131 Å². The van der Waals surface area contributed by atoms with Gasteiger partial charge in [-0.2, -0.15) is 0 Å². The predicted octanol–water partition coefficient (Wildman–Crippen LogP) is 30.0. The highest BCUT2D eigenvalue weighted by atomic mass is 79.9. The fraction of sp³-hybridized carbons (Fsp3) is 0.0182. The van der Waals surface area contributed by atoms with E-state index in [9.17, 15) is 0 Å². The molecule has 4 aliphatic rings. The second-order valence-corrected chi connectivity index (χ2v) is 31.2. The number of anilines is 5. The van der Waals surface area contributed by atoms with E-state index in [2.05, 4.69) is 451 Å². The minimum atomic E-state index is -0.404. The first kappa shape index (κ1) is 66.1. The lowest BCUT2D eigenvalue weighted by Gasteiger charge is -2.31. The highest BCUT2D eigenvalue weighted by Gasteiger charge is 2.54. The van der Waals surface area contributed by atoms with Crippen LogP contribution in [0.15, 0.2) is 429 Å². The lowest BCUT2D eigenvalue weighted by atomic mass is 9.70. The van der Waals surface area contributed by atoms with Crippen LogP contribution in [0.4, 0.5) is 28.4 Å². The van der Waals surface area contributed by atoms with E-state index in [4.69, 9.17) is 0 Å². The van der Waals surface area contributed by atoms with Gasteiger partial charge in [-0.1, -0.05) is 368 Å². The van der Waals surface area contributed by atoms with E-state index >= 15 is 0 Å². The number of halogens is 1. The van der Waals surface area contributed by atoms with Crippen LogP contribution < -0.4 is 10.2 Å². The topological polar surface area (TPSA) is 15.3 Å². The van der Waals surface area contributed by atoms with Crippen molar-refractivity contribution < 1.29 is 0 Å². The summed E-state index contributed by atoms with van der Waals surface area (Å²) in [4.78, 5) is 2.41. The Morgan fingerprint density at radius 2 is 0.575 bits per heavy atom. The average molecular weight is 1500 g/mol. The second kappa shape index (κ2) is 26.7. The molecule has 0 radical (unpaired) electrons. The number of benzene rings is 20. The Kier molecular flexibility index (Phi) is 15.6. The normalized spacial score (nSPS) is 14.7. The predicted molar refractivity (Wildman–Crippen MR) is 480 cm³/mol. The molecule has 1 N–H and O–H groups in total. The molecule has 0 saturated carbocycles. The van der Waals surface area contributed by atoms with Crippen LogP contribution >= 0.6 is 15.9 Å². The highest BCUT2D eigenvalue weighted by Crippen LogP contribution is 2.66. The van der Waals surface area contributed by atoms with Gasteiger partial charge in [0.05, 0.1) is 16.5 Å². The van der Waals surface area contributed by atoms with Crippen molar-refractivity contribution in [2.45, 2.75) is 10.8 Å². The van der Waals surface area contributed by atoms with Gasteiger partial charge in [0.2, 0.25) is 0 Å². The lowest BCUT2D eigenvalue weighted by Crippen LogP contribution is -2.25. The standard InChI is InChI=1S/C55H35N.C35H21Br.C20H15N/c1-2-15-40-34-43(31-26-36(40)12-1)56(53-23-11-16-38-13-3-5-17-44(38)53)42-29-24-37(25-30-42)41-27-32-47-46-19-7-9-21-49(46)55(52(47)35-41)50-22-10-8-20-48(50)54-45-18-6-4-14-39(45)28-33-51(54)55;36-25-17-13-22(14-18-25)24-15-19-28-27-9-3-5-11-30(27)35(33(28)21-24)31-12-6-4-10-29(31)34-26-8-2-1-7-23(26)16-20-32(34)35;1-2-8-17-14-18(13-12-15(17)6-1)21-20-11-5-9-16-7-3-4-10-19(16)20/h1-35H;1-21H;1-14,21H. The van der Waals surface area contributed by atoms with Crippen molar-refractivity contribution in [3.63, 3.8) is 0 Å². The lowest BCUT2D eigenvalue weighted by molar-refractivity contribution is 0.795. The average Bonchev–Trinajstić information content (AvgIpc) is 1.51. The van der Waals surface area contributed by atoms with Crippen LogP contribution in [0.1, 0.15) is 44.5 Å². The Bertz CT molecular complexity index is 7250. The quantitative estimate of drug-likeness (QED) is 0.171. The van der Waals surface area contributed by atoms with Crippen molar-refractivity contribution in [1.82, 2.24) is 0 Å². The molecule has 20 aromatic carbocycles. The zero-order valence-electron chi connectivity index (χ0n) is 61.7. The summed E-state index contributed by atoms with van der Waals surface area (Å²) in [5.41, 5.74) is 31.6. The smallest absolute Gasteiger partial charge is 0.0725 e. The maximum atomic E-state index is 3.59. The minimum Gasteiger partial charge on any atom is -0.355 e. The maximum Gasteiger partial charge on any atom is 0.0725 e. The molecule has 2 spiro atoms. The largest absolute Gasteiger partial charge is 0.355 e. The van der Waals surface area contributed by atoms with Crippen LogP contribution in [0.3, 0.4) is 0 Å². The fourth-order valence-corrected chi connectivity index (χ4v) is 19.8. The number of rotatable bonds is 7. The van der Waals surface area contributed by atoms with Crippen molar-refractivity contribution in [2.24, 2.45) is 0 Å². The Morgan fingerprint density at radius 3 is 1.12 bits per heavy atom. The molecule has 528 valence electrons.